The van der Waals surface area contributed by atoms with Gasteiger partial charge in [-0.05, 0) is 36.5 Å². The third-order valence-corrected chi connectivity index (χ3v) is 4.57. The normalized spacial score (nSPS) is 38.8. The van der Waals surface area contributed by atoms with Crippen molar-refractivity contribution in [2.45, 2.75) is 72.6 Å². The SMILES string of the molecule is CCCCC1(C)CCC1(C)CCC. The van der Waals surface area contributed by atoms with E-state index in [0.29, 0.717) is 10.8 Å². The molecule has 1 saturated carbocycles. The van der Waals surface area contributed by atoms with Crippen LogP contribution in [0, 0.1) is 10.8 Å². The maximum atomic E-state index is 2.52. The molecule has 0 aromatic rings. The molecule has 0 radical (unpaired) electrons. The zero-order valence-electron chi connectivity index (χ0n) is 9.95. The van der Waals surface area contributed by atoms with E-state index in [1.165, 1.54) is 44.9 Å². The second-order valence-corrected chi connectivity index (χ2v) is 5.47. The Bertz CT molecular complexity index is 161. The van der Waals surface area contributed by atoms with E-state index in [-0.39, 0.29) is 0 Å². The lowest BCUT2D eigenvalue weighted by atomic mass is 9.48. The van der Waals surface area contributed by atoms with Gasteiger partial charge in [-0.2, -0.15) is 0 Å². The van der Waals surface area contributed by atoms with Crippen molar-refractivity contribution in [3.8, 4) is 0 Å². The van der Waals surface area contributed by atoms with Gasteiger partial charge in [0.25, 0.3) is 0 Å². The molecule has 1 fully saturated rings. The van der Waals surface area contributed by atoms with E-state index in [1.807, 2.05) is 0 Å². The molecule has 2 unspecified atom stereocenters. The van der Waals surface area contributed by atoms with E-state index in [1.54, 1.807) is 0 Å². The summed E-state index contributed by atoms with van der Waals surface area (Å²) in [5.41, 5.74) is 1.36. The van der Waals surface area contributed by atoms with Gasteiger partial charge >= 0.3 is 0 Å². The molecule has 0 N–H and O–H groups in total. The molecule has 0 amide bonds. The minimum atomic E-state index is 0.678. The molecule has 1 aliphatic rings. The van der Waals surface area contributed by atoms with Gasteiger partial charge in [-0.1, -0.05) is 47.0 Å². The molecule has 0 aliphatic heterocycles. The van der Waals surface area contributed by atoms with Crippen LogP contribution in [0.3, 0.4) is 0 Å². The Morgan fingerprint density at radius 3 is 1.77 bits per heavy atom. The zero-order chi connectivity index (χ0) is 9.95. The number of unbranched alkanes of at least 4 members (excludes halogenated alkanes) is 1. The van der Waals surface area contributed by atoms with E-state index in [4.69, 9.17) is 0 Å². The highest BCUT2D eigenvalue weighted by atomic mass is 14.5. The molecule has 13 heavy (non-hydrogen) atoms. The van der Waals surface area contributed by atoms with Gasteiger partial charge in [-0.25, -0.2) is 0 Å². The van der Waals surface area contributed by atoms with Gasteiger partial charge in [0.15, 0.2) is 0 Å². The third-order valence-electron chi connectivity index (χ3n) is 4.57. The van der Waals surface area contributed by atoms with Crippen LogP contribution in [0.2, 0.25) is 0 Å². The Kier molecular flexibility index (Phi) is 3.43. The van der Waals surface area contributed by atoms with Crippen LogP contribution in [0.25, 0.3) is 0 Å². The molecule has 0 aromatic heterocycles. The quantitative estimate of drug-likeness (QED) is 0.574. The highest BCUT2D eigenvalue weighted by Gasteiger charge is 2.50. The predicted octanol–water partition coefficient (Wildman–Crippen LogP) is 4.78. The summed E-state index contributed by atoms with van der Waals surface area (Å²) in [5.74, 6) is 0. The van der Waals surface area contributed by atoms with Crippen molar-refractivity contribution < 1.29 is 0 Å². The molecule has 78 valence electrons. The Morgan fingerprint density at radius 1 is 0.846 bits per heavy atom. The van der Waals surface area contributed by atoms with Gasteiger partial charge in [-0.3, -0.25) is 0 Å². The van der Waals surface area contributed by atoms with Gasteiger partial charge in [0, 0.05) is 0 Å². The van der Waals surface area contributed by atoms with Crippen LogP contribution in [0.5, 0.6) is 0 Å². The largest absolute Gasteiger partial charge is 0.0654 e. The molecule has 1 aliphatic carbocycles. The lowest BCUT2D eigenvalue weighted by Crippen LogP contribution is -2.47. The van der Waals surface area contributed by atoms with Crippen molar-refractivity contribution in [2.24, 2.45) is 10.8 Å². The molecular weight excluding hydrogens is 156 g/mol. The summed E-state index contributed by atoms with van der Waals surface area (Å²) in [4.78, 5) is 0. The first kappa shape index (κ1) is 11.1. The van der Waals surface area contributed by atoms with Gasteiger partial charge in [0.1, 0.15) is 0 Å². The zero-order valence-corrected chi connectivity index (χ0v) is 9.95. The van der Waals surface area contributed by atoms with Crippen LogP contribution in [0.4, 0.5) is 0 Å². The van der Waals surface area contributed by atoms with Gasteiger partial charge < -0.3 is 0 Å². The van der Waals surface area contributed by atoms with Crippen LogP contribution in [0.15, 0.2) is 0 Å². The first-order valence-electron chi connectivity index (χ1n) is 6.08. The molecule has 0 spiro atoms. The van der Waals surface area contributed by atoms with Gasteiger partial charge in [-0.15, -0.1) is 0 Å². The fourth-order valence-corrected chi connectivity index (χ4v) is 2.95. The fourth-order valence-electron chi connectivity index (χ4n) is 2.95. The minimum Gasteiger partial charge on any atom is -0.0654 e. The molecule has 0 heterocycles. The van der Waals surface area contributed by atoms with Gasteiger partial charge in [0.05, 0.1) is 0 Å². The molecule has 0 bridgehead atoms. The monoisotopic (exact) mass is 182 g/mol. The van der Waals surface area contributed by atoms with E-state index in [2.05, 4.69) is 27.7 Å². The molecule has 0 aromatic carbocycles. The Labute approximate surface area is 84.1 Å². The second-order valence-electron chi connectivity index (χ2n) is 5.47. The number of rotatable bonds is 5. The first-order valence-corrected chi connectivity index (χ1v) is 6.08. The van der Waals surface area contributed by atoms with E-state index >= 15 is 0 Å². The van der Waals surface area contributed by atoms with Crippen LogP contribution >= 0.6 is 0 Å². The smallest absolute Gasteiger partial charge is 0.0272 e. The van der Waals surface area contributed by atoms with E-state index in [9.17, 15) is 0 Å². The Balaban J connectivity index is 2.48. The second kappa shape index (κ2) is 4.02. The number of hydrogen-bond acceptors (Lipinski definition) is 0. The summed E-state index contributed by atoms with van der Waals surface area (Å²) in [6.45, 7) is 9.65. The highest BCUT2D eigenvalue weighted by Crippen LogP contribution is 2.61. The summed E-state index contributed by atoms with van der Waals surface area (Å²) in [6.07, 6.45) is 9.99. The third kappa shape index (κ3) is 1.92. The Morgan fingerprint density at radius 2 is 1.38 bits per heavy atom. The summed E-state index contributed by atoms with van der Waals surface area (Å²) < 4.78 is 0. The standard InChI is InChI=1S/C13H26/c1-5-7-9-13(4)11-10-12(13,3)8-6-2/h5-11H2,1-4H3. The molecule has 2 atom stereocenters. The summed E-state index contributed by atoms with van der Waals surface area (Å²) >= 11 is 0. The summed E-state index contributed by atoms with van der Waals surface area (Å²) in [5, 5.41) is 0. The molecule has 0 saturated heterocycles. The molecule has 0 heteroatoms. The molecule has 1 rings (SSSR count). The highest BCUT2D eigenvalue weighted by molar-refractivity contribution is 5.00. The van der Waals surface area contributed by atoms with Crippen molar-refractivity contribution in [3.63, 3.8) is 0 Å². The summed E-state index contributed by atoms with van der Waals surface area (Å²) in [7, 11) is 0. The maximum Gasteiger partial charge on any atom is -0.0272 e. The van der Waals surface area contributed by atoms with Crippen molar-refractivity contribution in [1.29, 1.82) is 0 Å². The van der Waals surface area contributed by atoms with Crippen molar-refractivity contribution >= 4 is 0 Å². The van der Waals surface area contributed by atoms with Crippen molar-refractivity contribution in [1.82, 2.24) is 0 Å². The van der Waals surface area contributed by atoms with Crippen LogP contribution in [-0.2, 0) is 0 Å². The van der Waals surface area contributed by atoms with E-state index < -0.39 is 0 Å². The van der Waals surface area contributed by atoms with E-state index in [0.717, 1.165) is 0 Å². The topological polar surface area (TPSA) is 0 Å². The Hall–Kier alpha value is 0. The van der Waals surface area contributed by atoms with Crippen LogP contribution in [-0.4, -0.2) is 0 Å². The lowest BCUT2D eigenvalue weighted by Gasteiger charge is -2.57. The van der Waals surface area contributed by atoms with Crippen LogP contribution in [0.1, 0.15) is 72.6 Å². The lowest BCUT2D eigenvalue weighted by molar-refractivity contribution is -0.0662. The number of hydrogen-bond donors (Lipinski definition) is 0. The maximum absolute atomic E-state index is 2.52. The molecule has 0 nitrogen and oxygen atoms in total. The molecular formula is C13H26. The average Bonchev–Trinajstić information content (AvgIpc) is 2.12. The average molecular weight is 182 g/mol. The van der Waals surface area contributed by atoms with Crippen molar-refractivity contribution in [3.05, 3.63) is 0 Å². The summed E-state index contributed by atoms with van der Waals surface area (Å²) in [6, 6.07) is 0. The van der Waals surface area contributed by atoms with Crippen molar-refractivity contribution in [2.75, 3.05) is 0 Å². The van der Waals surface area contributed by atoms with Crippen LogP contribution < -0.4 is 0 Å². The van der Waals surface area contributed by atoms with Gasteiger partial charge in [0.2, 0.25) is 0 Å². The fraction of sp³-hybridized carbons (Fsp3) is 1.00. The predicted molar refractivity (Wildman–Crippen MR) is 59.9 cm³/mol. The first-order chi connectivity index (χ1) is 6.08. The minimum absolute atomic E-state index is 0.678.